The van der Waals surface area contributed by atoms with Crippen LogP contribution in [0.5, 0.6) is 0 Å². The molecule has 0 aliphatic carbocycles. The van der Waals surface area contributed by atoms with Gasteiger partial charge in [0.05, 0.1) is 11.0 Å². The summed E-state index contributed by atoms with van der Waals surface area (Å²) in [5, 5.41) is 6.71. The maximum absolute atomic E-state index is 12.7. The standard InChI is InChI=1S/C17H27N3O3S2/c1-4-20(5-2)25(21,22)15-9-8-13(3)16(11-15)19-17(24)18-12-14-7-6-10-23-14/h8-9,11,14H,4-7,10,12H2,1-3H3,(H2,18,19,24)/t14-/m0/s1. The van der Waals surface area contributed by atoms with Crippen molar-refractivity contribution in [3.63, 3.8) is 0 Å². The van der Waals surface area contributed by atoms with Crippen LogP contribution in [0.4, 0.5) is 5.69 Å². The Balaban J connectivity index is 2.09. The molecule has 1 atom stereocenters. The van der Waals surface area contributed by atoms with Crippen LogP contribution < -0.4 is 10.6 Å². The number of thiocarbonyl (C=S) groups is 1. The van der Waals surface area contributed by atoms with E-state index >= 15 is 0 Å². The maximum Gasteiger partial charge on any atom is 0.243 e. The highest BCUT2D eigenvalue weighted by molar-refractivity contribution is 7.89. The summed E-state index contributed by atoms with van der Waals surface area (Å²) in [4.78, 5) is 0.270. The second-order valence-electron chi connectivity index (χ2n) is 6.04. The number of anilines is 1. The fourth-order valence-corrected chi connectivity index (χ4v) is 4.47. The van der Waals surface area contributed by atoms with Gasteiger partial charge in [-0.2, -0.15) is 4.31 Å². The molecule has 1 saturated heterocycles. The fourth-order valence-electron chi connectivity index (χ4n) is 2.79. The summed E-state index contributed by atoms with van der Waals surface area (Å²) in [7, 11) is -3.49. The molecule has 0 spiro atoms. The van der Waals surface area contributed by atoms with Gasteiger partial charge >= 0.3 is 0 Å². The molecule has 1 heterocycles. The average molecular weight is 386 g/mol. The number of rotatable bonds is 7. The largest absolute Gasteiger partial charge is 0.376 e. The first-order valence-electron chi connectivity index (χ1n) is 8.65. The van der Waals surface area contributed by atoms with Gasteiger partial charge in [0.25, 0.3) is 0 Å². The fraction of sp³-hybridized carbons (Fsp3) is 0.588. The van der Waals surface area contributed by atoms with Crippen LogP contribution in [0.3, 0.4) is 0 Å². The zero-order chi connectivity index (χ0) is 18.4. The van der Waals surface area contributed by atoms with Crippen molar-refractivity contribution >= 4 is 33.0 Å². The Labute approximate surface area is 156 Å². The number of benzene rings is 1. The van der Waals surface area contributed by atoms with Crippen molar-refractivity contribution in [1.82, 2.24) is 9.62 Å². The average Bonchev–Trinajstić information content (AvgIpc) is 3.09. The van der Waals surface area contributed by atoms with Crippen molar-refractivity contribution in [2.24, 2.45) is 0 Å². The molecule has 0 bridgehead atoms. The van der Waals surface area contributed by atoms with Gasteiger partial charge in [-0.15, -0.1) is 0 Å². The molecule has 0 unspecified atom stereocenters. The lowest BCUT2D eigenvalue weighted by Gasteiger charge is -2.20. The Bertz CT molecular complexity index is 697. The Morgan fingerprint density at radius 2 is 2.08 bits per heavy atom. The number of sulfonamides is 1. The molecule has 1 aromatic carbocycles. The maximum atomic E-state index is 12.7. The van der Waals surface area contributed by atoms with Gasteiger partial charge in [0, 0.05) is 31.9 Å². The zero-order valence-electron chi connectivity index (χ0n) is 15.0. The Morgan fingerprint density at radius 1 is 1.36 bits per heavy atom. The summed E-state index contributed by atoms with van der Waals surface area (Å²) in [6, 6.07) is 5.07. The van der Waals surface area contributed by atoms with Gasteiger partial charge in [0.2, 0.25) is 10.0 Å². The highest BCUT2D eigenvalue weighted by atomic mass is 32.2. The van der Waals surface area contributed by atoms with Crippen molar-refractivity contribution in [3.8, 4) is 0 Å². The molecule has 140 valence electrons. The molecular formula is C17H27N3O3S2. The highest BCUT2D eigenvalue weighted by Gasteiger charge is 2.22. The number of aryl methyl sites for hydroxylation is 1. The van der Waals surface area contributed by atoms with E-state index in [-0.39, 0.29) is 11.0 Å². The first-order chi connectivity index (χ1) is 11.9. The van der Waals surface area contributed by atoms with E-state index in [1.165, 1.54) is 4.31 Å². The van der Waals surface area contributed by atoms with Gasteiger partial charge in [0.1, 0.15) is 0 Å². The predicted molar refractivity (Wildman–Crippen MR) is 104 cm³/mol. The third kappa shape index (κ3) is 5.13. The Kier molecular flexibility index (Phi) is 7.18. The molecule has 0 saturated carbocycles. The summed E-state index contributed by atoms with van der Waals surface area (Å²) in [5.74, 6) is 0. The van der Waals surface area contributed by atoms with Crippen LogP contribution >= 0.6 is 12.2 Å². The van der Waals surface area contributed by atoms with Crippen molar-refractivity contribution < 1.29 is 13.2 Å². The minimum absolute atomic E-state index is 0.190. The molecule has 2 rings (SSSR count). The second kappa shape index (κ2) is 8.93. The molecular weight excluding hydrogens is 358 g/mol. The van der Waals surface area contributed by atoms with Crippen molar-refractivity contribution in [1.29, 1.82) is 0 Å². The number of ether oxygens (including phenoxy) is 1. The molecule has 0 amide bonds. The van der Waals surface area contributed by atoms with Crippen LogP contribution in [0.2, 0.25) is 0 Å². The van der Waals surface area contributed by atoms with Gasteiger partial charge in [-0.3, -0.25) is 0 Å². The molecule has 0 aromatic heterocycles. The molecule has 0 radical (unpaired) electrons. The van der Waals surface area contributed by atoms with E-state index in [1.807, 2.05) is 20.8 Å². The summed E-state index contributed by atoms with van der Waals surface area (Å²) in [6.07, 6.45) is 2.30. The molecule has 6 nitrogen and oxygen atoms in total. The van der Waals surface area contributed by atoms with Crippen molar-refractivity contribution in [2.45, 2.75) is 44.6 Å². The van der Waals surface area contributed by atoms with E-state index in [0.717, 1.165) is 25.0 Å². The van der Waals surface area contributed by atoms with E-state index in [1.54, 1.807) is 18.2 Å². The molecule has 1 aliphatic heterocycles. The lowest BCUT2D eigenvalue weighted by atomic mass is 10.2. The minimum Gasteiger partial charge on any atom is -0.376 e. The van der Waals surface area contributed by atoms with Crippen LogP contribution in [-0.2, 0) is 14.8 Å². The van der Waals surface area contributed by atoms with Gasteiger partial charge in [-0.05, 0) is 49.7 Å². The van der Waals surface area contributed by atoms with Crippen LogP contribution in [0, 0.1) is 6.92 Å². The minimum atomic E-state index is -3.49. The van der Waals surface area contributed by atoms with Gasteiger partial charge in [0.15, 0.2) is 5.11 Å². The second-order valence-corrected chi connectivity index (χ2v) is 8.38. The quantitative estimate of drug-likeness (QED) is 0.703. The lowest BCUT2D eigenvalue weighted by Crippen LogP contribution is -2.35. The number of nitrogens with one attached hydrogen (secondary N) is 2. The van der Waals surface area contributed by atoms with Crippen LogP contribution in [-0.4, -0.2) is 50.2 Å². The molecule has 2 N–H and O–H groups in total. The van der Waals surface area contributed by atoms with Gasteiger partial charge < -0.3 is 15.4 Å². The highest BCUT2D eigenvalue weighted by Crippen LogP contribution is 2.23. The zero-order valence-corrected chi connectivity index (χ0v) is 16.7. The monoisotopic (exact) mass is 385 g/mol. The predicted octanol–water partition coefficient (Wildman–Crippen LogP) is 2.49. The van der Waals surface area contributed by atoms with Crippen LogP contribution in [0.1, 0.15) is 32.3 Å². The first-order valence-corrected chi connectivity index (χ1v) is 10.5. The number of nitrogens with zero attached hydrogens (tertiary/aromatic N) is 1. The van der Waals surface area contributed by atoms with Crippen molar-refractivity contribution in [3.05, 3.63) is 23.8 Å². The van der Waals surface area contributed by atoms with Gasteiger partial charge in [-0.1, -0.05) is 19.9 Å². The van der Waals surface area contributed by atoms with E-state index in [9.17, 15) is 8.42 Å². The van der Waals surface area contributed by atoms with Crippen LogP contribution in [0.15, 0.2) is 23.1 Å². The van der Waals surface area contributed by atoms with Crippen molar-refractivity contribution in [2.75, 3.05) is 31.6 Å². The Hall–Kier alpha value is -1.22. The van der Waals surface area contributed by atoms with E-state index in [2.05, 4.69) is 10.6 Å². The van der Waals surface area contributed by atoms with Gasteiger partial charge in [-0.25, -0.2) is 8.42 Å². The smallest absolute Gasteiger partial charge is 0.243 e. The summed E-state index contributed by atoms with van der Waals surface area (Å²) >= 11 is 5.33. The topological polar surface area (TPSA) is 70.7 Å². The summed E-state index contributed by atoms with van der Waals surface area (Å²) in [6.45, 7) is 7.92. The van der Waals surface area contributed by atoms with E-state index in [0.29, 0.717) is 30.4 Å². The first kappa shape index (κ1) is 20.1. The van der Waals surface area contributed by atoms with E-state index in [4.69, 9.17) is 17.0 Å². The van der Waals surface area contributed by atoms with Crippen LogP contribution in [0.25, 0.3) is 0 Å². The molecule has 1 fully saturated rings. The summed E-state index contributed by atoms with van der Waals surface area (Å²) in [5.41, 5.74) is 1.62. The Morgan fingerprint density at radius 3 is 2.68 bits per heavy atom. The third-order valence-electron chi connectivity index (χ3n) is 4.31. The third-order valence-corrected chi connectivity index (χ3v) is 6.61. The molecule has 1 aliphatic rings. The van der Waals surface area contributed by atoms with E-state index < -0.39 is 10.0 Å². The SMILES string of the molecule is CCN(CC)S(=O)(=O)c1ccc(C)c(NC(=S)NC[C@@H]2CCCO2)c1. The molecule has 25 heavy (non-hydrogen) atoms. The number of hydrogen-bond donors (Lipinski definition) is 2. The molecule has 8 heteroatoms. The number of hydrogen-bond acceptors (Lipinski definition) is 4. The summed E-state index contributed by atoms with van der Waals surface area (Å²) < 4.78 is 32.4. The molecule has 1 aromatic rings. The normalized spacial score (nSPS) is 17.7. The lowest BCUT2D eigenvalue weighted by molar-refractivity contribution is 0.114.